The minimum atomic E-state index is -4.20. The molecule has 9 heteroatoms. The smallest absolute Gasteiger partial charge is 0.264 e. The van der Waals surface area contributed by atoms with E-state index in [1.807, 2.05) is 82.3 Å². The van der Waals surface area contributed by atoms with E-state index in [9.17, 15) is 18.0 Å². The number of amides is 2. The van der Waals surface area contributed by atoms with Crippen molar-refractivity contribution in [2.24, 2.45) is 5.92 Å². The predicted octanol–water partition coefficient (Wildman–Crippen LogP) is 6.56. The average molecular weight is 646 g/mol. The summed E-state index contributed by atoms with van der Waals surface area (Å²) in [6.07, 6.45) is 0.254. The number of nitrogens with one attached hydrogen (secondary N) is 1. The molecule has 236 valence electrons. The van der Waals surface area contributed by atoms with Gasteiger partial charge in [0, 0.05) is 24.5 Å². The third-order valence-corrected chi connectivity index (χ3v) is 9.40. The first-order valence-electron chi connectivity index (χ1n) is 15.0. The fourth-order valence-corrected chi connectivity index (χ4v) is 6.57. The first-order chi connectivity index (χ1) is 21.4. The summed E-state index contributed by atoms with van der Waals surface area (Å²) in [6, 6.07) is 29.2. The van der Waals surface area contributed by atoms with Crippen LogP contribution in [0.4, 0.5) is 5.69 Å². The molecule has 0 aliphatic rings. The number of benzene rings is 4. The van der Waals surface area contributed by atoms with Crippen molar-refractivity contribution in [1.29, 1.82) is 0 Å². The number of aryl methyl sites for hydroxylation is 2. The van der Waals surface area contributed by atoms with Crippen molar-refractivity contribution in [1.82, 2.24) is 10.2 Å². The summed E-state index contributed by atoms with van der Waals surface area (Å²) in [5.41, 5.74) is 3.86. The van der Waals surface area contributed by atoms with E-state index in [1.165, 1.54) is 23.1 Å². The summed E-state index contributed by atoms with van der Waals surface area (Å²) in [4.78, 5) is 29.9. The molecule has 0 aliphatic heterocycles. The molecule has 2 amide bonds. The van der Waals surface area contributed by atoms with E-state index in [0.29, 0.717) is 11.6 Å². The van der Waals surface area contributed by atoms with Crippen molar-refractivity contribution in [3.63, 3.8) is 0 Å². The second-order valence-corrected chi connectivity index (χ2v) is 14.0. The normalized spacial score (nSPS) is 12.0. The number of halogens is 1. The van der Waals surface area contributed by atoms with Crippen LogP contribution in [0.5, 0.6) is 0 Å². The van der Waals surface area contributed by atoms with Crippen molar-refractivity contribution >= 4 is 39.1 Å². The molecule has 45 heavy (non-hydrogen) atoms. The number of carbonyl (C=O) groups excluding carboxylic acids is 2. The minimum Gasteiger partial charge on any atom is -0.354 e. The molecule has 0 saturated heterocycles. The predicted molar refractivity (Wildman–Crippen MR) is 181 cm³/mol. The maximum absolute atomic E-state index is 14.5. The molecule has 0 fully saturated rings. The highest BCUT2D eigenvalue weighted by molar-refractivity contribution is 7.92. The molecule has 1 N–H and O–H groups in total. The Morgan fingerprint density at radius 3 is 2.11 bits per heavy atom. The number of rotatable bonds is 13. The van der Waals surface area contributed by atoms with Gasteiger partial charge in [0.15, 0.2) is 0 Å². The molecule has 0 spiro atoms. The van der Waals surface area contributed by atoms with E-state index < -0.39 is 28.5 Å². The molecule has 0 unspecified atom stereocenters. The molecule has 0 heterocycles. The molecule has 4 rings (SSSR count). The third-order valence-electron chi connectivity index (χ3n) is 7.38. The lowest BCUT2D eigenvalue weighted by atomic mass is 10.0. The molecule has 0 aromatic heterocycles. The lowest BCUT2D eigenvalue weighted by Gasteiger charge is -2.34. The molecule has 0 saturated carbocycles. The van der Waals surface area contributed by atoms with E-state index in [-0.39, 0.29) is 35.4 Å². The molecule has 4 aromatic rings. The van der Waals surface area contributed by atoms with Gasteiger partial charge in [0.25, 0.3) is 10.0 Å². The topological polar surface area (TPSA) is 86.8 Å². The van der Waals surface area contributed by atoms with Gasteiger partial charge in [-0.15, -0.1) is 0 Å². The number of hydrogen-bond acceptors (Lipinski definition) is 4. The van der Waals surface area contributed by atoms with Gasteiger partial charge in [-0.3, -0.25) is 13.9 Å². The molecule has 0 bridgehead atoms. The van der Waals surface area contributed by atoms with Gasteiger partial charge in [-0.05, 0) is 61.2 Å². The summed E-state index contributed by atoms with van der Waals surface area (Å²) in [6.45, 7) is 7.84. The summed E-state index contributed by atoms with van der Waals surface area (Å²) in [5, 5.41) is 3.34. The van der Waals surface area contributed by atoms with Crippen molar-refractivity contribution in [3.05, 3.63) is 130 Å². The van der Waals surface area contributed by atoms with E-state index in [2.05, 4.69) is 5.32 Å². The summed E-state index contributed by atoms with van der Waals surface area (Å²) >= 11 is 6.30. The van der Waals surface area contributed by atoms with Crippen molar-refractivity contribution < 1.29 is 18.0 Å². The highest BCUT2D eigenvalue weighted by Crippen LogP contribution is 2.27. The van der Waals surface area contributed by atoms with Crippen LogP contribution < -0.4 is 9.62 Å². The third kappa shape index (κ3) is 9.19. The van der Waals surface area contributed by atoms with E-state index in [4.69, 9.17) is 11.6 Å². The van der Waals surface area contributed by atoms with Gasteiger partial charge in [-0.1, -0.05) is 109 Å². The zero-order valence-electron chi connectivity index (χ0n) is 26.1. The van der Waals surface area contributed by atoms with E-state index in [0.717, 1.165) is 26.6 Å². The number of hydrogen-bond donors (Lipinski definition) is 1. The van der Waals surface area contributed by atoms with Crippen molar-refractivity contribution in [2.45, 2.75) is 51.6 Å². The minimum absolute atomic E-state index is 0.0432. The van der Waals surface area contributed by atoms with Crippen LogP contribution in [0.3, 0.4) is 0 Å². The lowest BCUT2D eigenvalue weighted by Crippen LogP contribution is -2.53. The zero-order valence-corrected chi connectivity index (χ0v) is 27.7. The van der Waals surface area contributed by atoms with Gasteiger partial charge in [-0.25, -0.2) is 8.42 Å². The van der Waals surface area contributed by atoms with E-state index >= 15 is 0 Å². The Balaban J connectivity index is 1.80. The second kappa shape index (κ2) is 15.2. The second-order valence-electron chi connectivity index (χ2n) is 11.7. The van der Waals surface area contributed by atoms with Gasteiger partial charge in [0.2, 0.25) is 11.8 Å². The van der Waals surface area contributed by atoms with Gasteiger partial charge in [0.1, 0.15) is 12.6 Å². The average Bonchev–Trinajstić information content (AvgIpc) is 3.01. The van der Waals surface area contributed by atoms with Crippen molar-refractivity contribution in [2.75, 3.05) is 17.4 Å². The summed E-state index contributed by atoms with van der Waals surface area (Å²) < 4.78 is 29.3. The maximum atomic E-state index is 14.5. The van der Waals surface area contributed by atoms with Gasteiger partial charge >= 0.3 is 0 Å². The van der Waals surface area contributed by atoms with E-state index in [1.54, 1.807) is 30.3 Å². The molecular formula is C36H40ClN3O4S. The van der Waals surface area contributed by atoms with Crippen LogP contribution in [0.1, 0.15) is 36.1 Å². The van der Waals surface area contributed by atoms with Crippen LogP contribution in [0.15, 0.2) is 108 Å². The largest absolute Gasteiger partial charge is 0.354 e. The Morgan fingerprint density at radius 1 is 0.800 bits per heavy atom. The van der Waals surface area contributed by atoms with Crippen LogP contribution in [-0.2, 0) is 32.6 Å². The Kier molecular flexibility index (Phi) is 11.4. The number of nitrogens with zero attached hydrogens (tertiary/aromatic N) is 2. The van der Waals surface area contributed by atoms with Crippen LogP contribution in [0.2, 0.25) is 5.02 Å². The van der Waals surface area contributed by atoms with Gasteiger partial charge < -0.3 is 10.2 Å². The maximum Gasteiger partial charge on any atom is 0.264 e. The zero-order chi connectivity index (χ0) is 32.6. The van der Waals surface area contributed by atoms with Gasteiger partial charge in [0.05, 0.1) is 10.6 Å². The summed E-state index contributed by atoms with van der Waals surface area (Å²) in [7, 11) is -4.20. The standard InChI is InChI=1S/C36H40ClN3O4S/c1-26(2)23-38-36(42)34(21-29-11-6-5-7-12-29)39(24-30-13-8-10-28(4)20-30)35(41)25-40(32-15-9-14-31(37)22-32)45(43,44)33-18-16-27(3)17-19-33/h5-20,22,26,34H,21,23-25H2,1-4H3,(H,38,42)/t34-/m1/s1. The number of anilines is 1. The number of carbonyl (C=O) groups is 2. The molecule has 7 nitrogen and oxygen atoms in total. The fraction of sp³-hybridized carbons (Fsp3) is 0.278. The molecule has 1 atom stereocenters. The molecular weight excluding hydrogens is 606 g/mol. The molecule has 0 radical (unpaired) electrons. The Hall–Kier alpha value is -4.14. The van der Waals surface area contributed by atoms with Crippen LogP contribution >= 0.6 is 11.6 Å². The van der Waals surface area contributed by atoms with Crippen LogP contribution in [0, 0.1) is 19.8 Å². The first-order valence-corrected chi connectivity index (χ1v) is 16.8. The molecule has 4 aromatic carbocycles. The highest BCUT2D eigenvalue weighted by atomic mass is 35.5. The quantitative estimate of drug-likeness (QED) is 0.178. The lowest BCUT2D eigenvalue weighted by molar-refractivity contribution is -0.140. The first kappa shape index (κ1) is 33.7. The monoisotopic (exact) mass is 645 g/mol. The van der Waals surface area contributed by atoms with Crippen LogP contribution in [-0.4, -0.2) is 44.3 Å². The van der Waals surface area contributed by atoms with Gasteiger partial charge in [-0.2, -0.15) is 0 Å². The highest BCUT2D eigenvalue weighted by Gasteiger charge is 2.34. The Labute approximate surface area is 271 Å². The SMILES string of the molecule is Cc1ccc(S(=O)(=O)N(CC(=O)N(Cc2cccc(C)c2)[C@H](Cc2ccccc2)C(=O)NCC(C)C)c2cccc(Cl)c2)cc1. The molecule has 0 aliphatic carbocycles. The number of sulfonamides is 1. The Morgan fingerprint density at radius 2 is 1.47 bits per heavy atom. The summed E-state index contributed by atoms with van der Waals surface area (Å²) in [5.74, 6) is -0.623. The van der Waals surface area contributed by atoms with Crippen LogP contribution in [0.25, 0.3) is 0 Å². The Bertz CT molecular complexity index is 1710. The van der Waals surface area contributed by atoms with Crippen molar-refractivity contribution in [3.8, 4) is 0 Å². The fourth-order valence-electron chi connectivity index (χ4n) is 4.98.